The second-order valence-electron chi connectivity index (χ2n) is 7.65. The number of rotatable bonds is 15. The van der Waals surface area contributed by atoms with Gasteiger partial charge in [0.05, 0.1) is 12.5 Å². The number of carboxylic acid groups (broad SMARTS) is 2. The van der Waals surface area contributed by atoms with Gasteiger partial charge < -0.3 is 43.4 Å². The quantitative estimate of drug-likeness (QED) is 0.0701. The first-order valence-corrected chi connectivity index (χ1v) is 10.5. The average Bonchev–Trinajstić information content (AvgIpc) is 2.72. The maximum atomic E-state index is 12.6. The minimum atomic E-state index is -1.66. The molecule has 0 aromatic rings. The Labute approximate surface area is 191 Å². The topological polar surface area (TPSA) is 252 Å². The number of nitrogens with zero attached hydrogens (tertiary/aromatic N) is 1. The monoisotopic (exact) mass is 473 g/mol. The second-order valence-corrected chi connectivity index (χ2v) is 7.65. The third-order valence-corrected chi connectivity index (χ3v) is 4.84. The summed E-state index contributed by atoms with van der Waals surface area (Å²) >= 11 is 0. The van der Waals surface area contributed by atoms with Crippen LogP contribution < -0.4 is 33.2 Å². The number of amides is 3. The molecule has 5 atom stereocenters. The summed E-state index contributed by atoms with van der Waals surface area (Å²) in [5.41, 5.74) is 16.2. The van der Waals surface area contributed by atoms with Gasteiger partial charge in [0, 0.05) is 6.54 Å². The third-order valence-electron chi connectivity index (χ3n) is 4.84. The smallest absolute Gasteiger partial charge is 0.326 e. The van der Waals surface area contributed by atoms with E-state index in [0.717, 1.165) is 0 Å². The van der Waals surface area contributed by atoms with Crippen molar-refractivity contribution in [2.24, 2.45) is 28.1 Å². The SMILES string of the molecule is CCC(C)C(NC(=O)C(C)NC(=O)C(N)CCCN=C(N)N)C(=O)NC(CC(=O)O)C(=O)O. The highest BCUT2D eigenvalue weighted by atomic mass is 16.4. The number of hydrogen-bond acceptors (Lipinski definition) is 7. The van der Waals surface area contributed by atoms with Gasteiger partial charge in [-0.05, 0) is 25.7 Å². The lowest BCUT2D eigenvalue weighted by Crippen LogP contribution is -2.58. The van der Waals surface area contributed by atoms with Crippen molar-refractivity contribution in [1.82, 2.24) is 16.0 Å². The van der Waals surface area contributed by atoms with Gasteiger partial charge in [-0.15, -0.1) is 0 Å². The number of aliphatic carboxylic acids is 2. The van der Waals surface area contributed by atoms with Gasteiger partial charge in [0.25, 0.3) is 0 Å². The van der Waals surface area contributed by atoms with Crippen LogP contribution in [0.25, 0.3) is 0 Å². The number of guanidine groups is 1. The fraction of sp³-hybridized carbons (Fsp3) is 0.684. The van der Waals surface area contributed by atoms with Crippen molar-refractivity contribution in [1.29, 1.82) is 0 Å². The average molecular weight is 474 g/mol. The van der Waals surface area contributed by atoms with E-state index in [1.807, 2.05) is 0 Å². The molecule has 3 amide bonds. The van der Waals surface area contributed by atoms with Crippen LogP contribution in [0, 0.1) is 5.92 Å². The predicted molar refractivity (Wildman–Crippen MR) is 119 cm³/mol. The first kappa shape index (κ1) is 29.6. The fourth-order valence-electron chi connectivity index (χ4n) is 2.65. The number of nitrogens with one attached hydrogen (secondary N) is 3. The highest BCUT2D eigenvalue weighted by Gasteiger charge is 2.32. The van der Waals surface area contributed by atoms with Gasteiger partial charge in [-0.1, -0.05) is 20.3 Å². The van der Waals surface area contributed by atoms with Crippen LogP contribution in [-0.4, -0.2) is 76.5 Å². The van der Waals surface area contributed by atoms with Crippen molar-refractivity contribution < 1.29 is 34.2 Å². The van der Waals surface area contributed by atoms with Crippen LogP contribution in [0.5, 0.6) is 0 Å². The highest BCUT2D eigenvalue weighted by molar-refractivity contribution is 5.94. The summed E-state index contributed by atoms with van der Waals surface area (Å²) in [5.74, 6) is -5.53. The van der Waals surface area contributed by atoms with E-state index in [1.165, 1.54) is 6.92 Å². The molecule has 0 saturated heterocycles. The van der Waals surface area contributed by atoms with Crippen molar-refractivity contribution >= 4 is 35.6 Å². The van der Waals surface area contributed by atoms with Crippen molar-refractivity contribution in [3.05, 3.63) is 0 Å². The minimum Gasteiger partial charge on any atom is -0.481 e. The molecule has 0 fully saturated rings. The number of hydrogen-bond donors (Lipinski definition) is 8. The molecular formula is C19H35N7O7. The molecule has 0 spiro atoms. The molecule has 0 bridgehead atoms. The van der Waals surface area contributed by atoms with Gasteiger partial charge in [0.2, 0.25) is 17.7 Å². The number of carboxylic acids is 2. The molecule has 0 aromatic heterocycles. The Bertz CT molecular complexity index is 740. The second kappa shape index (κ2) is 14.6. The zero-order valence-corrected chi connectivity index (χ0v) is 19.0. The van der Waals surface area contributed by atoms with Crippen LogP contribution >= 0.6 is 0 Å². The van der Waals surface area contributed by atoms with E-state index in [2.05, 4.69) is 20.9 Å². The van der Waals surface area contributed by atoms with Crippen molar-refractivity contribution in [3.8, 4) is 0 Å². The maximum Gasteiger partial charge on any atom is 0.326 e. The highest BCUT2D eigenvalue weighted by Crippen LogP contribution is 2.09. The first-order chi connectivity index (χ1) is 15.3. The first-order valence-electron chi connectivity index (χ1n) is 10.5. The van der Waals surface area contributed by atoms with Crippen LogP contribution in [0.1, 0.15) is 46.5 Å². The molecule has 0 aromatic carbocycles. The number of carbonyl (C=O) groups is 5. The molecule has 0 aliphatic rings. The predicted octanol–water partition coefficient (Wildman–Crippen LogP) is -2.55. The molecule has 14 nitrogen and oxygen atoms in total. The Balaban J connectivity index is 5.04. The van der Waals surface area contributed by atoms with Crippen molar-refractivity contribution in [3.63, 3.8) is 0 Å². The molecule has 14 heteroatoms. The zero-order chi connectivity index (χ0) is 25.7. The van der Waals surface area contributed by atoms with Crippen LogP contribution in [-0.2, 0) is 24.0 Å². The van der Waals surface area contributed by atoms with Crippen LogP contribution in [0.15, 0.2) is 4.99 Å². The van der Waals surface area contributed by atoms with Crippen molar-refractivity contribution in [2.75, 3.05) is 6.54 Å². The Morgan fingerprint density at radius 3 is 2.03 bits per heavy atom. The van der Waals surface area contributed by atoms with Gasteiger partial charge in [0.15, 0.2) is 5.96 Å². The van der Waals surface area contributed by atoms with E-state index in [-0.39, 0.29) is 12.4 Å². The van der Waals surface area contributed by atoms with E-state index >= 15 is 0 Å². The van der Waals surface area contributed by atoms with Crippen LogP contribution in [0.3, 0.4) is 0 Å². The molecule has 0 saturated carbocycles. The number of aliphatic imine (C=N–C) groups is 1. The third kappa shape index (κ3) is 11.7. The standard InChI is InChI=1S/C19H35N7O7/c1-4-9(2)14(17(31)25-12(18(32)33)8-13(27)28)26-15(29)10(3)24-16(30)11(20)6-5-7-23-19(21)22/h9-12,14H,4-8,20H2,1-3H3,(H,24,30)(H,25,31)(H,26,29)(H,27,28)(H,32,33)(H4,21,22,23). The molecular weight excluding hydrogens is 438 g/mol. The molecule has 0 heterocycles. The number of nitrogens with two attached hydrogens (primary N) is 3. The van der Waals surface area contributed by atoms with E-state index in [0.29, 0.717) is 19.4 Å². The summed E-state index contributed by atoms with van der Waals surface area (Å²) in [6.07, 6.45) is 0.353. The largest absolute Gasteiger partial charge is 0.481 e. The van der Waals surface area contributed by atoms with Crippen LogP contribution in [0.2, 0.25) is 0 Å². The summed E-state index contributed by atoms with van der Waals surface area (Å²) in [6, 6.07) is -4.76. The Morgan fingerprint density at radius 1 is 0.939 bits per heavy atom. The summed E-state index contributed by atoms with van der Waals surface area (Å²) in [4.78, 5) is 63.2. The summed E-state index contributed by atoms with van der Waals surface area (Å²) in [7, 11) is 0. The summed E-state index contributed by atoms with van der Waals surface area (Å²) in [6.45, 7) is 5.11. The summed E-state index contributed by atoms with van der Waals surface area (Å²) in [5, 5.41) is 25.0. The molecule has 11 N–H and O–H groups in total. The Hall–Kier alpha value is -3.42. The van der Waals surface area contributed by atoms with Crippen molar-refractivity contribution in [2.45, 2.75) is 70.6 Å². The Kier molecular flexibility index (Phi) is 13.1. The molecule has 0 aliphatic heterocycles. The normalized spacial score (nSPS) is 15.2. The molecule has 0 radical (unpaired) electrons. The summed E-state index contributed by atoms with van der Waals surface area (Å²) < 4.78 is 0. The lowest BCUT2D eigenvalue weighted by molar-refractivity contribution is -0.147. The Morgan fingerprint density at radius 2 is 1.55 bits per heavy atom. The van der Waals surface area contributed by atoms with Gasteiger partial charge in [-0.25, -0.2) is 4.79 Å². The van der Waals surface area contributed by atoms with E-state index < -0.39 is 66.2 Å². The molecule has 0 aliphatic carbocycles. The fourth-order valence-corrected chi connectivity index (χ4v) is 2.65. The molecule has 5 unspecified atom stereocenters. The maximum absolute atomic E-state index is 12.6. The minimum absolute atomic E-state index is 0.0733. The van der Waals surface area contributed by atoms with Gasteiger partial charge in [-0.3, -0.25) is 24.2 Å². The molecule has 0 rings (SSSR count). The van der Waals surface area contributed by atoms with Gasteiger partial charge in [0.1, 0.15) is 18.1 Å². The van der Waals surface area contributed by atoms with E-state index in [4.69, 9.17) is 27.4 Å². The lowest BCUT2D eigenvalue weighted by atomic mass is 9.97. The zero-order valence-electron chi connectivity index (χ0n) is 19.0. The van der Waals surface area contributed by atoms with Gasteiger partial charge >= 0.3 is 11.9 Å². The van der Waals surface area contributed by atoms with E-state index in [9.17, 15) is 24.0 Å². The van der Waals surface area contributed by atoms with Crippen LogP contribution in [0.4, 0.5) is 0 Å². The van der Waals surface area contributed by atoms with Gasteiger partial charge in [-0.2, -0.15) is 0 Å². The lowest BCUT2D eigenvalue weighted by Gasteiger charge is -2.27. The van der Waals surface area contributed by atoms with E-state index in [1.54, 1.807) is 13.8 Å². The molecule has 188 valence electrons. The molecule has 33 heavy (non-hydrogen) atoms. The number of carbonyl (C=O) groups excluding carboxylic acids is 3.